The van der Waals surface area contributed by atoms with Gasteiger partial charge in [0.1, 0.15) is 0 Å². The first kappa shape index (κ1) is 29.2. The van der Waals surface area contributed by atoms with E-state index in [9.17, 15) is 0 Å². The summed E-state index contributed by atoms with van der Waals surface area (Å²) in [5.74, 6) is 0. The summed E-state index contributed by atoms with van der Waals surface area (Å²) in [5.41, 5.74) is 7.71. The summed E-state index contributed by atoms with van der Waals surface area (Å²) in [7, 11) is 0. The SMILES string of the molecule is CCc1ccccc1-c1cc(Cl)sc1-c1ccc(-c2ccc(-c3ccc(-c4sc(Cl)cc4-c4ccccc4CC)s3)s2)s1. The lowest BCUT2D eigenvalue weighted by atomic mass is 9.98. The van der Waals surface area contributed by atoms with Gasteiger partial charge in [0.2, 0.25) is 0 Å². The van der Waals surface area contributed by atoms with Crippen molar-refractivity contribution in [3.63, 3.8) is 0 Å². The normalized spacial score (nSPS) is 11.4. The lowest BCUT2D eigenvalue weighted by Gasteiger charge is -2.08. The monoisotopic (exact) mass is 688 g/mol. The largest absolute Gasteiger partial charge is 0.134 e. The minimum absolute atomic E-state index is 0.825. The Bertz CT molecular complexity index is 1900. The molecular formula is C36H26Cl2S5. The molecule has 0 atom stereocenters. The van der Waals surface area contributed by atoms with Crippen LogP contribution in [-0.2, 0) is 12.8 Å². The van der Waals surface area contributed by atoms with Crippen LogP contribution >= 0.6 is 79.9 Å². The predicted molar refractivity (Wildman–Crippen MR) is 197 cm³/mol. The number of thiophene rings is 5. The molecule has 0 amide bonds. The van der Waals surface area contributed by atoms with E-state index in [4.69, 9.17) is 23.2 Å². The molecule has 0 aliphatic carbocycles. The number of aryl methyl sites for hydroxylation is 2. The standard InChI is InChI=1S/C36H26Cl2S5/c1-3-21-9-5-7-11-23(21)25-19-33(37)42-35(25)31-17-15-29(40-31)27-13-14-28(39-27)30-16-18-32(41-30)36-26(20-34(38)43-36)24-12-8-6-10-22(24)4-2/h5-20H,3-4H2,1-2H3. The molecule has 0 aliphatic heterocycles. The van der Waals surface area contributed by atoms with Gasteiger partial charge in [-0.3, -0.25) is 0 Å². The number of hydrogen-bond donors (Lipinski definition) is 0. The van der Waals surface area contributed by atoms with Crippen LogP contribution < -0.4 is 0 Å². The van der Waals surface area contributed by atoms with Crippen LogP contribution in [0, 0.1) is 0 Å². The molecule has 7 rings (SSSR count). The van der Waals surface area contributed by atoms with Crippen LogP contribution in [-0.4, -0.2) is 0 Å². The number of hydrogen-bond acceptors (Lipinski definition) is 5. The first-order chi connectivity index (χ1) is 21.0. The number of rotatable bonds is 8. The average molecular weight is 690 g/mol. The van der Waals surface area contributed by atoms with Crippen LogP contribution in [0.5, 0.6) is 0 Å². The van der Waals surface area contributed by atoms with Gasteiger partial charge in [-0.1, -0.05) is 85.6 Å². The van der Waals surface area contributed by atoms with E-state index >= 15 is 0 Å². The van der Waals surface area contributed by atoms with Gasteiger partial charge in [0.25, 0.3) is 0 Å². The zero-order valence-electron chi connectivity index (χ0n) is 23.4. The highest BCUT2D eigenvalue weighted by molar-refractivity contribution is 7.30. The Hall–Kier alpha value is -2.48. The second-order valence-electron chi connectivity index (χ2n) is 10.1. The maximum atomic E-state index is 6.58. The molecule has 214 valence electrons. The quantitative estimate of drug-likeness (QED) is 0.149. The lowest BCUT2D eigenvalue weighted by molar-refractivity contribution is 1.14. The molecule has 7 heteroatoms. The van der Waals surface area contributed by atoms with Crippen LogP contribution in [0.15, 0.2) is 97.1 Å². The van der Waals surface area contributed by atoms with E-state index in [-0.39, 0.29) is 0 Å². The fraction of sp³-hybridized carbons (Fsp3) is 0.111. The van der Waals surface area contributed by atoms with Gasteiger partial charge in [0, 0.05) is 40.4 Å². The Morgan fingerprint density at radius 3 is 1.16 bits per heavy atom. The fourth-order valence-corrected chi connectivity index (χ4v) is 11.4. The van der Waals surface area contributed by atoms with E-state index in [2.05, 4.69) is 111 Å². The summed E-state index contributed by atoms with van der Waals surface area (Å²) >= 11 is 22.0. The molecule has 7 aromatic rings. The molecule has 0 radical (unpaired) electrons. The first-order valence-corrected chi connectivity index (χ1v) is 18.9. The van der Waals surface area contributed by atoms with Crippen LogP contribution in [0.25, 0.3) is 61.3 Å². The summed E-state index contributed by atoms with van der Waals surface area (Å²) in [6.07, 6.45) is 1.99. The van der Waals surface area contributed by atoms with Crippen molar-refractivity contribution in [3.8, 4) is 61.3 Å². The molecule has 0 saturated heterocycles. The summed E-state index contributed by atoms with van der Waals surface area (Å²) in [4.78, 5) is 10.2. The van der Waals surface area contributed by atoms with Crippen molar-refractivity contribution in [2.24, 2.45) is 0 Å². The van der Waals surface area contributed by atoms with Crippen molar-refractivity contribution in [2.45, 2.75) is 26.7 Å². The molecule has 5 aromatic heterocycles. The average Bonchev–Trinajstić information content (AvgIpc) is 3.86. The molecule has 0 fully saturated rings. The summed E-state index contributed by atoms with van der Waals surface area (Å²) in [6.45, 7) is 4.42. The Balaban J connectivity index is 1.18. The van der Waals surface area contributed by atoms with Crippen molar-refractivity contribution in [1.29, 1.82) is 0 Å². The van der Waals surface area contributed by atoms with Gasteiger partial charge in [0.15, 0.2) is 0 Å². The van der Waals surface area contributed by atoms with Gasteiger partial charge in [-0.2, -0.15) is 0 Å². The van der Waals surface area contributed by atoms with Crippen molar-refractivity contribution < 1.29 is 0 Å². The molecule has 0 unspecified atom stereocenters. The van der Waals surface area contributed by atoms with Crippen LogP contribution in [0.2, 0.25) is 8.67 Å². The Morgan fingerprint density at radius 2 is 0.767 bits per heavy atom. The predicted octanol–water partition coefficient (Wildman–Crippen LogP) is 14.4. The molecular weight excluding hydrogens is 664 g/mol. The topological polar surface area (TPSA) is 0 Å². The number of benzene rings is 2. The van der Waals surface area contributed by atoms with Gasteiger partial charge < -0.3 is 0 Å². The van der Waals surface area contributed by atoms with Gasteiger partial charge in [-0.15, -0.1) is 56.7 Å². The van der Waals surface area contributed by atoms with E-state index in [1.807, 2.05) is 34.0 Å². The Kier molecular flexibility index (Phi) is 8.49. The third-order valence-corrected chi connectivity index (χ3v) is 14.1. The van der Waals surface area contributed by atoms with Gasteiger partial charge in [0.05, 0.1) is 18.4 Å². The van der Waals surface area contributed by atoms with Crippen molar-refractivity contribution in [2.75, 3.05) is 0 Å². The zero-order chi connectivity index (χ0) is 29.5. The summed E-state index contributed by atoms with van der Waals surface area (Å²) < 4.78 is 1.65. The highest BCUT2D eigenvalue weighted by atomic mass is 35.5. The molecule has 5 heterocycles. The highest BCUT2D eigenvalue weighted by Crippen LogP contribution is 2.50. The third-order valence-electron chi connectivity index (χ3n) is 7.53. The smallest absolute Gasteiger partial charge is 0.0941 e. The Morgan fingerprint density at radius 1 is 0.419 bits per heavy atom. The lowest BCUT2D eigenvalue weighted by Crippen LogP contribution is -1.86. The summed E-state index contributed by atoms with van der Waals surface area (Å²) in [6, 6.07) is 35.1. The van der Waals surface area contributed by atoms with E-state index in [0.29, 0.717) is 0 Å². The highest BCUT2D eigenvalue weighted by Gasteiger charge is 2.19. The molecule has 0 N–H and O–H groups in total. The van der Waals surface area contributed by atoms with Gasteiger partial charge in [-0.05, 0) is 83.6 Å². The maximum Gasteiger partial charge on any atom is 0.0941 e. The van der Waals surface area contributed by atoms with E-state index in [1.54, 1.807) is 22.7 Å². The second kappa shape index (κ2) is 12.5. The van der Waals surface area contributed by atoms with E-state index in [0.717, 1.165) is 21.5 Å². The molecule has 43 heavy (non-hydrogen) atoms. The van der Waals surface area contributed by atoms with Gasteiger partial charge >= 0.3 is 0 Å². The third kappa shape index (κ3) is 5.73. The van der Waals surface area contributed by atoms with E-state index < -0.39 is 0 Å². The minimum Gasteiger partial charge on any atom is -0.134 e. The molecule has 0 spiro atoms. The second-order valence-corrected chi connectivity index (χ2v) is 16.7. The minimum atomic E-state index is 0.825. The van der Waals surface area contributed by atoms with E-state index in [1.165, 1.54) is 72.4 Å². The molecule has 0 saturated carbocycles. The Labute approximate surface area is 282 Å². The molecule has 2 aromatic carbocycles. The zero-order valence-corrected chi connectivity index (χ0v) is 29.0. The maximum absolute atomic E-state index is 6.58. The van der Waals surface area contributed by atoms with Gasteiger partial charge in [-0.25, -0.2) is 0 Å². The molecule has 0 aliphatic rings. The van der Waals surface area contributed by atoms with Crippen LogP contribution in [0.1, 0.15) is 25.0 Å². The molecule has 0 bridgehead atoms. The summed E-state index contributed by atoms with van der Waals surface area (Å²) in [5, 5.41) is 0. The van der Waals surface area contributed by atoms with Crippen molar-refractivity contribution >= 4 is 79.9 Å². The van der Waals surface area contributed by atoms with Crippen molar-refractivity contribution in [3.05, 3.63) is 117 Å². The number of halogens is 2. The molecule has 0 nitrogen and oxygen atoms in total. The van der Waals surface area contributed by atoms with Crippen molar-refractivity contribution in [1.82, 2.24) is 0 Å². The first-order valence-electron chi connectivity index (χ1n) is 14.1. The van der Waals surface area contributed by atoms with Crippen LogP contribution in [0.3, 0.4) is 0 Å². The fourth-order valence-electron chi connectivity index (χ4n) is 5.46. The van der Waals surface area contributed by atoms with Crippen LogP contribution in [0.4, 0.5) is 0 Å².